The van der Waals surface area contributed by atoms with Crippen molar-refractivity contribution in [2.24, 2.45) is 0 Å². The molecule has 0 amide bonds. The SMILES string of the molecule is Cc1nc(N(C)C2CCC2)sc1CNC1CC1. The van der Waals surface area contributed by atoms with E-state index >= 15 is 0 Å². The Morgan fingerprint density at radius 3 is 2.71 bits per heavy atom. The second-order valence-corrected chi connectivity index (χ2v) is 6.42. The van der Waals surface area contributed by atoms with Crippen LogP contribution in [-0.2, 0) is 6.54 Å². The van der Waals surface area contributed by atoms with E-state index in [1.165, 1.54) is 47.8 Å². The van der Waals surface area contributed by atoms with Crippen LogP contribution in [0.15, 0.2) is 0 Å². The molecule has 1 aromatic heterocycles. The van der Waals surface area contributed by atoms with Crippen LogP contribution in [0.3, 0.4) is 0 Å². The highest BCUT2D eigenvalue weighted by molar-refractivity contribution is 7.15. The molecule has 1 heterocycles. The molecule has 3 nitrogen and oxygen atoms in total. The third-order valence-electron chi connectivity index (χ3n) is 3.93. The van der Waals surface area contributed by atoms with Gasteiger partial charge in [0.15, 0.2) is 5.13 Å². The smallest absolute Gasteiger partial charge is 0.185 e. The van der Waals surface area contributed by atoms with Crippen molar-refractivity contribution in [1.82, 2.24) is 10.3 Å². The lowest BCUT2D eigenvalue weighted by Gasteiger charge is -2.34. The molecule has 1 aromatic rings. The molecule has 0 saturated heterocycles. The second kappa shape index (κ2) is 4.58. The van der Waals surface area contributed by atoms with Gasteiger partial charge in [-0.3, -0.25) is 0 Å². The summed E-state index contributed by atoms with van der Waals surface area (Å²) < 4.78 is 0. The van der Waals surface area contributed by atoms with Crippen molar-refractivity contribution >= 4 is 16.5 Å². The largest absolute Gasteiger partial charge is 0.348 e. The predicted molar refractivity (Wildman–Crippen MR) is 72.8 cm³/mol. The number of nitrogens with zero attached hydrogens (tertiary/aromatic N) is 2. The molecule has 0 aromatic carbocycles. The van der Waals surface area contributed by atoms with Crippen molar-refractivity contribution in [3.05, 3.63) is 10.6 Å². The lowest BCUT2D eigenvalue weighted by atomic mass is 9.92. The lowest BCUT2D eigenvalue weighted by molar-refractivity contribution is 0.401. The molecule has 2 fully saturated rings. The molecular formula is C13H21N3S. The van der Waals surface area contributed by atoms with Crippen LogP contribution in [0.4, 0.5) is 5.13 Å². The molecule has 4 heteroatoms. The minimum Gasteiger partial charge on any atom is -0.348 e. The van der Waals surface area contributed by atoms with Crippen LogP contribution in [0.25, 0.3) is 0 Å². The van der Waals surface area contributed by atoms with Gasteiger partial charge >= 0.3 is 0 Å². The van der Waals surface area contributed by atoms with Crippen molar-refractivity contribution in [2.75, 3.05) is 11.9 Å². The van der Waals surface area contributed by atoms with Crippen LogP contribution in [0.2, 0.25) is 0 Å². The van der Waals surface area contributed by atoms with Crippen LogP contribution in [0.1, 0.15) is 42.7 Å². The van der Waals surface area contributed by atoms with Gasteiger partial charge in [-0.25, -0.2) is 4.98 Å². The fraction of sp³-hybridized carbons (Fsp3) is 0.769. The maximum atomic E-state index is 4.72. The van der Waals surface area contributed by atoms with Crippen molar-refractivity contribution < 1.29 is 0 Å². The normalized spacial score (nSPS) is 20.4. The molecule has 0 spiro atoms. The molecule has 2 aliphatic carbocycles. The zero-order valence-corrected chi connectivity index (χ0v) is 11.5. The van der Waals surface area contributed by atoms with Gasteiger partial charge in [0.2, 0.25) is 0 Å². The standard InChI is InChI=1S/C13H21N3S/c1-9-12(8-14-10-6-7-10)17-13(15-9)16(2)11-4-3-5-11/h10-11,14H,3-8H2,1-2H3. The van der Waals surface area contributed by atoms with E-state index in [1.807, 2.05) is 11.3 Å². The van der Waals surface area contributed by atoms with E-state index in [1.54, 1.807) is 0 Å². The maximum absolute atomic E-state index is 4.72. The summed E-state index contributed by atoms with van der Waals surface area (Å²) in [4.78, 5) is 8.51. The molecule has 2 saturated carbocycles. The fourth-order valence-electron chi connectivity index (χ4n) is 2.18. The average Bonchev–Trinajstić information content (AvgIpc) is 2.97. The zero-order chi connectivity index (χ0) is 11.8. The van der Waals surface area contributed by atoms with Gasteiger partial charge in [0.1, 0.15) is 0 Å². The highest BCUT2D eigenvalue weighted by Crippen LogP contribution is 2.32. The number of aryl methyl sites for hydroxylation is 1. The highest BCUT2D eigenvalue weighted by Gasteiger charge is 2.25. The van der Waals surface area contributed by atoms with Gasteiger partial charge in [-0.2, -0.15) is 0 Å². The van der Waals surface area contributed by atoms with Crippen molar-refractivity contribution in [3.63, 3.8) is 0 Å². The quantitative estimate of drug-likeness (QED) is 0.872. The second-order valence-electron chi connectivity index (χ2n) is 5.36. The van der Waals surface area contributed by atoms with Gasteiger partial charge < -0.3 is 10.2 Å². The topological polar surface area (TPSA) is 28.2 Å². The number of anilines is 1. The summed E-state index contributed by atoms with van der Waals surface area (Å²) in [6, 6.07) is 1.52. The van der Waals surface area contributed by atoms with E-state index in [0.717, 1.165) is 18.6 Å². The summed E-state index contributed by atoms with van der Waals surface area (Å²) in [7, 11) is 2.19. The first-order valence-electron chi connectivity index (χ1n) is 6.66. The summed E-state index contributed by atoms with van der Waals surface area (Å²) in [5, 5.41) is 4.78. The number of aromatic nitrogens is 1. The number of thiazole rings is 1. The molecule has 3 rings (SSSR count). The fourth-order valence-corrected chi connectivity index (χ4v) is 3.23. The van der Waals surface area contributed by atoms with Crippen LogP contribution >= 0.6 is 11.3 Å². The lowest BCUT2D eigenvalue weighted by Crippen LogP contribution is -2.36. The van der Waals surface area contributed by atoms with Crippen LogP contribution < -0.4 is 10.2 Å². The Labute approximate surface area is 107 Å². The van der Waals surface area contributed by atoms with Crippen LogP contribution in [0.5, 0.6) is 0 Å². The summed E-state index contributed by atoms with van der Waals surface area (Å²) >= 11 is 1.87. The Balaban J connectivity index is 1.65. The van der Waals surface area contributed by atoms with Crippen molar-refractivity contribution in [3.8, 4) is 0 Å². The van der Waals surface area contributed by atoms with Crippen LogP contribution in [0, 0.1) is 6.92 Å². The monoisotopic (exact) mass is 251 g/mol. The molecule has 0 aliphatic heterocycles. The van der Waals surface area contributed by atoms with E-state index in [0.29, 0.717) is 0 Å². The first-order valence-corrected chi connectivity index (χ1v) is 7.48. The summed E-state index contributed by atoms with van der Waals surface area (Å²) in [5.74, 6) is 0. The Morgan fingerprint density at radius 1 is 1.35 bits per heavy atom. The van der Waals surface area contributed by atoms with Gasteiger partial charge in [-0.1, -0.05) is 0 Å². The third-order valence-corrected chi connectivity index (χ3v) is 5.18. The molecule has 0 atom stereocenters. The molecule has 17 heavy (non-hydrogen) atoms. The first kappa shape index (κ1) is 11.5. The third kappa shape index (κ3) is 2.47. The number of hydrogen-bond acceptors (Lipinski definition) is 4. The Morgan fingerprint density at radius 2 is 2.12 bits per heavy atom. The van der Waals surface area contributed by atoms with Gasteiger partial charge in [0, 0.05) is 30.6 Å². The van der Waals surface area contributed by atoms with E-state index in [2.05, 4.69) is 24.2 Å². The van der Waals surface area contributed by atoms with E-state index in [9.17, 15) is 0 Å². The number of hydrogen-bond donors (Lipinski definition) is 1. The van der Waals surface area contributed by atoms with Crippen molar-refractivity contribution in [1.29, 1.82) is 0 Å². The molecule has 94 valence electrons. The van der Waals surface area contributed by atoms with Crippen LogP contribution in [-0.4, -0.2) is 24.1 Å². The molecular weight excluding hydrogens is 230 g/mol. The average molecular weight is 251 g/mol. The van der Waals surface area contributed by atoms with E-state index in [4.69, 9.17) is 4.98 Å². The van der Waals surface area contributed by atoms with E-state index in [-0.39, 0.29) is 0 Å². The predicted octanol–water partition coefficient (Wildman–Crippen LogP) is 2.69. The Kier molecular flexibility index (Phi) is 3.09. The van der Waals surface area contributed by atoms with Crippen molar-refractivity contribution in [2.45, 2.75) is 57.7 Å². The summed E-state index contributed by atoms with van der Waals surface area (Å²) in [6.45, 7) is 3.14. The van der Waals surface area contributed by atoms with E-state index < -0.39 is 0 Å². The molecule has 0 bridgehead atoms. The maximum Gasteiger partial charge on any atom is 0.185 e. The number of rotatable bonds is 5. The molecule has 0 unspecified atom stereocenters. The summed E-state index contributed by atoms with van der Waals surface area (Å²) in [6.07, 6.45) is 6.77. The summed E-state index contributed by atoms with van der Waals surface area (Å²) in [5.41, 5.74) is 1.21. The number of nitrogens with one attached hydrogen (secondary N) is 1. The van der Waals surface area contributed by atoms with Gasteiger partial charge in [0.25, 0.3) is 0 Å². The molecule has 2 aliphatic rings. The molecule has 0 radical (unpaired) electrons. The van der Waals surface area contributed by atoms with Gasteiger partial charge in [0.05, 0.1) is 5.69 Å². The zero-order valence-electron chi connectivity index (χ0n) is 10.7. The molecule has 1 N–H and O–H groups in total. The highest BCUT2D eigenvalue weighted by atomic mass is 32.1. The Hall–Kier alpha value is -0.610. The Bertz CT molecular complexity index is 393. The van der Waals surface area contributed by atoms with Gasteiger partial charge in [-0.05, 0) is 39.0 Å². The minimum atomic E-state index is 0.741. The minimum absolute atomic E-state index is 0.741. The van der Waals surface area contributed by atoms with Gasteiger partial charge in [-0.15, -0.1) is 11.3 Å². The first-order chi connectivity index (χ1) is 8.24.